The summed E-state index contributed by atoms with van der Waals surface area (Å²) in [4.78, 5) is 14.9. The van der Waals surface area contributed by atoms with Gasteiger partial charge < -0.3 is 4.42 Å². The van der Waals surface area contributed by atoms with Gasteiger partial charge in [-0.25, -0.2) is 0 Å². The number of carbonyl (C=O) groups is 1. The maximum Gasteiger partial charge on any atom is 0.270 e. The minimum atomic E-state index is -0.140. The summed E-state index contributed by atoms with van der Waals surface area (Å²) in [6.45, 7) is 2.00. The summed E-state index contributed by atoms with van der Waals surface area (Å²) in [6, 6.07) is 18.8. The van der Waals surface area contributed by atoms with Gasteiger partial charge in [0.2, 0.25) is 0 Å². The molecule has 1 saturated heterocycles. The van der Waals surface area contributed by atoms with Crippen molar-refractivity contribution in [2.24, 2.45) is 0 Å². The van der Waals surface area contributed by atoms with Crippen LogP contribution in [0, 0.1) is 6.92 Å². The standard InChI is InChI=1S/C21H14ClNO2S2/c1-13-2-8-16(9-3-13)23-20(24)19(27-21(23)26)12-17-10-11-18(25-17)14-4-6-15(22)7-5-14/h2-12H,1H3/b19-12+. The van der Waals surface area contributed by atoms with Gasteiger partial charge in [-0.15, -0.1) is 0 Å². The SMILES string of the molecule is Cc1ccc(N2C(=O)/C(=C\c3ccc(-c4ccc(Cl)cc4)o3)SC2=S)cc1. The molecule has 0 atom stereocenters. The summed E-state index contributed by atoms with van der Waals surface area (Å²) in [5.41, 5.74) is 2.82. The Morgan fingerprint density at radius 1 is 1.04 bits per heavy atom. The third-order valence-corrected chi connectivity index (χ3v) is 5.67. The molecule has 0 unspecified atom stereocenters. The molecule has 1 aliphatic rings. The van der Waals surface area contributed by atoms with E-state index in [1.165, 1.54) is 11.8 Å². The fraction of sp³-hybridized carbons (Fsp3) is 0.0476. The molecule has 4 rings (SSSR count). The van der Waals surface area contributed by atoms with Crippen LogP contribution in [0.2, 0.25) is 5.02 Å². The Bertz CT molecular complexity index is 1050. The fourth-order valence-electron chi connectivity index (χ4n) is 2.71. The summed E-state index contributed by atoms with van der Waals surface area (Å²) in [5, 5.41) is 0.672. The highest BCUT2D eigenvalue weighted by molar-refractivity contribution is 8.27. The molecule has 27 heavy (non-hydrogen) atoms. The topological polar surface area (TPSA) is 33.5 Å². The van der Waals surface area contributed by atoms with E-state index in [0.29, 0.717) is 25.8 Å². The van der Waals surface area contributed by atoms with Gasteiger partial charge in [0, 0.05) is 16.7 Å². The Balaban J connectivity index is 1.59. The van der Waals surface area contributed by atoms with Crippen LogP contribution in [0.5, 0.6) is 0 Å². The van der Waals surface area contributed by atoms with Crippen LogP contribution in [0.3, 0.4) is 0 Å². The van der Waals surface area contributed by atoms with Crippen molar-refractivity contribution in [3.8, 4) is 11.3 Å². The van der Waals surface area contributed by atoms with Crippen molar-refractivity contribution >= 4 is 57.6 Å². The number of rotatable bonds is 3. The zero-order valence-electron chi connectivity index (χ0n) is 14.3. The van der Waals surface area contributed by atoms with E-state index < -0.39 is 0 Å². The Labute approximate surface area is 171 Å². The number of anilines is 1. The van der Waals surface area contributed by atoms with Crippen LogP contribution in [-0.2, 0) is 4.79 Å². The smallest absolute Gasteiger partial charge is 0.270 e. The second-order valence-corrected chi connectivity index (χ2v) is 8.17. The molecule has 134 valence electrons. The van der Waals surface area contributed by atoms with Gasteiger partial charge in [0.15, 0.2) is 4.32 Å². The van der Waals surface area contributed by atoms with E-state index in [-0.39, 0.29) is 5.91 Å². The largest absolute Gasteiger partial charge is 0.457 e. The number of carbonyl (C=O) groups excluding carboxylic acids is 1. The maximum absolute atomic E-state index is 12.8. The second-order valence-electron chi connectivity index (χ2n) is 6.06. The second kappa shape index (κ2) is 7.35. The van der Waals surface area contributed by atoms with Crippen molar-refractivity contribution in [2.45, 2.75) is 6.92 Å². The minimum absolute atomic E-state index is 0.140. The van der Waals surface area contributed by atoms with Gasteiger partial charge in [-0.2, -0.15) is 0 Å². The van der Waals surface area contributed by atoms with Crippen LogP contribution < -0.4 is 4.90 Å². The number of halogens is 1. The number of nitrogens with zero attached hydrogens (tertiary/aromatic N) is 1. The van der Waals surface area contributed by atoms with Crippen molar-refractivity contribution in [3.63, 3.8) is 0 Å². The van der Waals surface area contributed by atoms with E-state index in [1.807, 2.05) is 67.6 Å². The number of thioether (sulfide) groups is 1. The van der Waals surface area contributed by atoms with Gasteiger partial charge in [-0.1, -0.05) is 53.3 Å². The number of thiocarbonyl (C=S) groups is 1. The number of amides is 1. The molecule has 3 aromatic rings. The van der Waals surface area contributed by atoms with Gasteiger partial charge in [0.05, 0.1) is 10.6 Å². The van der Waals surface area contributed by atoms with E-state index in [0.717, 1.165) is 16.8 Å². The number of benzene rings is 2. The van der Waals surface area contributed by atoms with Crippen molar-refractivity contribution in [2.75, 3.05) is 4.90 Å². The number of aryl methyl sites for hydroxylation is 1. The molecule has 0 saturated carbocycles. The first-order chi connectivity index (χ1) is 13.0. The monoisotopic (exact) mass is 411 g/mol. The molecule has 6 heteroatoms. The van der Waals surface area contributed by atoms with Gasteiger partial charge >= 0.3 is 0 Å². The van der Waals surface area contributed by atoms with Crippen LogP contribution in [0.4, 0.5) is 5.69 Å². The van der Waals surface area contributed by atoms with Gasteiger partial charge in [-0.05, 0) is 55.5 Å². The van der Waals surface area contributed by atoms with Crippen LogP contribution in [-0.4, -0.2) is 10.2 Å². The van der Waals surface area contributed by atoms with Gasteiger partial charge in [0.25, 0.3) is 5.91 Å². The zero-order valence-corrected chi connectivity index (χ0v) is 16.7. The summed E-state index contributed by atoms with van der Waals surface area (Å²) < 4.78 is 6.38. The maximum atomic E-state index is 12.8. The quantitative estimate of drug-likeness (QED) is 0.373. The molecule has 2 aromatic carbocycles. The highest BCUT2D eigenvalue weighted by Gasteiger charge is 2.33. The van der Waals surface area contributed by atoms with Crippen LogP contribution in [0.1, 0.15) is 11.3 Å². The van der Waals surface area contributed by atoms with Crippen molar-refractivity contribution < 1.29 is 9.21 Å². The van der Waals surface area contributed by atoms with Gasteiger partial charge in [-0.3, -0.25) is 9.69 Å². The molecule has 2 heterocycles. The Kier molecular flexibility index (Phi) is 4.91. The van der Waals surface area contributed by atoms with Crippen molar-refractivity contribution in [3.05, 3.63) is 81.9 Å². The lowest BCUT2D eigenvalue weighted by atomic mass is 10.2. The van der Waals surface area contributed by atoms with Crippen LogP contribution in [0.15, 0.2) is 70.0 Å². The molecule has 3 nitrogen and oxygen atoms in total. The van der Waals surface area contributed by atoms with E-state index in [9.17, 15) is 4.79 Å². The zero-order chi connectivity index (χ0) is 19.0. The molecule has 1 aliphatic heterocycles. The number of hydrogen-bond acceptors (Lipinski definition) is 4. The molecule has 1 amide bonds. The van der Waals surface area contributed by atoms with Crippen molar-refractivity contribution in [1.29, 1.82) is 0 Å². The van der Waals surface area contributed by atoms with E-state index in [4.69, 9.17) is 28.2 Å². The molecule has 0 spiro atoms. The highest BCUT2D eigenvalue weighted by Crippen LogP contribution is 2.36. The molecule has 0 bridgehead atoms. The normalized spacial score (nSPS) is 15.8. The Hall–Kier alpha value is -2.34. The predicted molar refractivity (Wildman–Crippen MR) is 116 cm³/mol. The average molecular weight is 412 g/mol. The first-order valence-corrected chi connectivity index (χ1v) is 9.82. The molecule has 1 fully saturated rings. The molecule has 0 radical (unpaired) electrons. The summed E-state index contributed by atoms with van der Waals surface area (Å²) in [6.07, 6.45) is 1.73. The van der Waals surface area contributed by atoms with Crippen molar-refractivity contribution in [1.82, 2.24) is 0 Å². The average Bonchev–Trinajstić information content (AvgIpc) is 3.22. The summed E-state index contributed by atoms with van der Waals surface area (Å²) >= 11 is 12.6. The summed E-state index contributed by atoms with van der Waals surface area (Å²) in [7, 11) is 0. The van der Waals surface area contributed by atoms with Crippen LogP contribution in [0.25, 0.3) is 17.4 Å². The minimum Gasteiger partial charge on any atom is -0.457 e. The lowest BCUT2D eigenvalue weighted by Gasteiger charge is -2.14. The molecular weight excluding hydrogens is 398 g/mol. The lowest BCUT2D eigenvalue weighted by Crippen LogP contribution is -2.27. The van der Waals surface area contributed by atoms with E-state index >= 15 is 0 Å². The first-order valence-electron chi connectivity index (χ1n) is 8.22. The first kappa shape index (κ1) is 18.0. The number of hydrogen-bond donors (Lipinski definition) is 0. The molecular formula is C21H14ClNO2S2. The Morgan fingerprint density at radius 2 is 1.74 bits per heavy atom. The molecule has 0 aliphatic carbocycles. The molecule has 1 aromatic heterocycles. The predicted octanol–water partition coefficient (Wildman–Crippen LogP) is 6.31. The Morgan fingerprint density at radius 3 is 2.44 bits per heavy atom. The third kappa shape index (κ3) is 3.72. The summed E-state index contributed by atoms with van der Waals surface area (Å²) in [5.74, 6) is 1.18. The fourth-order valence-corrected chi connectivity index (χ4v) is 4.12. The molecule has 0 N–H and O–H groups in total. The lowest BCUT2D eigenvalue weighted by molar-refractivity contribution is -0.113. The van der Waals surface area contributed by atoms with Crippen LogP contribution >= 0.6 is 35.6 Å². The number of furan rings is 1. The van der Waals surface area contributed by atoms with Gasteiger partial charge in [0.1, 0.15) is 11.5 Å². The third-order valence-electron chi connectivity index (χ3n) is 4.11. The van der Waals surface area contributed by atoms with E-state index in [2.05, 4.69) is 0 Å². The van der Waals surface area contributed by atoms with E-state index in [1.54, 1.807) is 11.0 Å². The highest BCUT2D eigenvalue weighted by atomic mass is 35.5.